The van der Waals surface area contributed by atoms with Crippen molar-refractivity contribution in [2.75, 3.05) is 6.61 Å². The second-order valence-electron chi connectivity index (χ2n) is 6.44. The number of carbonyl (C=O) groups is 2. The number of benzene rings is 2. The molecule has 0 spiro atoms. The van der Waals surface area contributed by atoms with E-state index in [9.17, 15) is 9.59 Å². The van der Waals surface area contributed by atoms with Crippen LogP contribution in [0.1, 0.15) is 37.8 Å². The van der Waals surface area contributed by atoms with Crippen molar-refractivity contribution in [3.8, 4) is 5.75 Å². The molecule has 2 amide bonds. The molecular weight excluding hydrogens is 376 g/mol. The molecule has 2 aromatic carbocycles. The highest BCUT2D eigenvalue weighted by molar-refractivity contribution is 6.30. The molecule has 0 aliphatic rings. The molecule has 0 radical (unpaired) electrons. The first-order valence-corrected chi connectivity index (χ1v) is 9.53. The summed E-state index contributed by atoms with van der Waals surface area (Å²) in [4.78, 5) is 23.3. The summed E-state index contributed by atoms with van der Waals surface area (Å²) in [7, 11) is 0. The maximum absolute atomic E-state index is 12.5. The van der Waals surface area contributed by atoms with Crippen LogP contribution in [0, 0.1) is 0 Å². The summed E-state index contributed by atoms with van der Waals surface area (Å²) in [6, 6.07) is 14.6. The second-order valence-corrected chi connectivity index (χ2v) is 6.88. The quantitative estimate of drug-likeness (QED) is 0.623. The Morgan fingerprint density at radius 1 is 1.07 bits per heavy atom. The Balaban J connectivity index is 2.06. The van der Waals surface area contributed by atoms with Crippen LogP contribution in [0.15, 0.2) is 54.6 Å². The third-order valence-corrected chi connectivity index (χ3v) is 4.91. The third-order valence-electron chi connectivity index (χ3n) is 4.65. The number of nitrogens with one attached hydrogen (secondary N) is 1. The van der Waals surface area contributed by atoms with E-state index < -0.39 is 11.4 Å². The SMILES string of the molecule is CCC(CC)(NC(=O)/C=C/c1ccc(OCC(N)=O)cc1)c1ccc(Cl)cc1. The van der Waals surface area contributed by atoms with E-state index in [0.29, 0.717) is 10.8 Å². The largest absolute Gasteiger partial charge is 0.484 e. The topological polar surface area (TPSA) is 81.4 Å². The second kappa shape index (κ2) is 9.95. The van der Waals surface area contributed by atoms with E-state index in [-0.39, 0.29) is 12.5 Å². The minimum absolute atomic E-state index is 0.168. The molecule has 3 N–H and O–H groups in total. The fraction of sp³-hybridized carbons (Fsp3) is 0.273. The average molecular weight is 401 g/mol. The average Bonchev–Trinajstić information content (AvgIpc) is 2.70. The van der Waals surface area contributed by atoms with Gasteiger partial charge in [0.2, 0.25) is 5.91 Å². The summed E-state index contributed by atoms with van der Waals surface area (Å²) in [6.45, 7) is 3.93. The van der Waals surface area contributed by atoms with Crippen molar-refractivity contribution in [3.05, 3.63) is 70.8 Å². The van der Waals surface area contributed by atoms with Gasteiger partial charge in [0, 0.05) is 11.1 Å². The number of rotatable bonds is 9. The molecule has 28 heavy (non-hydrogen) atoms. The fourth-order valence-electron chi connectivity index (χ4n) is 2.96. The lowest BCUT2D eigenvalue weighted by Crippen LogP contribution is -2.44. The van der Waals surface area contributed by atoms with Gasteiger partial charge in [-0.05, 0) is 54.3 Å². The first-order valence-electron chi connectivity index (χ1n) is 9.16. The zero-order valence-electron chi connectivity index (χ0n) is 16.1. The molecule has 0 bridgehead atoms. The lowest BCUT2D eigenvalue weighted by molar-refractivity contribution is -0.120. The monoisotopic (exact) mass is 400 g/mol. The summed E-state index contributed by atoms with van der Waals surface area (Å²) in [6.07, 6.45) is 4.76. The Bertz CT molecular complexity index is 826. The van der Waals surface area contributed by atoms with Crippen LogP contribution in [-0.4, -0.2) is 18.4 Å². The van der Waals surface area contributed by atoms with Gasteiger partial charge >= 0.3 is 0 Å². The number of amides is 2. The highest BCUT2D eigenvalue weighted by atomic mass is 35.5. The van der Waals surface area contributed by atoms with Crippen molar-refractivity contribution in [2.45, 2.75) is 32.2 Å². The molecule has 0 saturated heterocycles. The number of nitrogens with two attached hydrogens (primary N) is 1. The highest BCUT2D eigenvalue weighted by Gasteiger charge is 2.29. The molecule has 6 heteroatoms. The van der Waals surface area contributed by atoms with Gasteiger partial charge in [-0.15, -0.1) is 0 Å². The van der Waals surface area contributed by atoms with Crippen LogP contribution in [0.5, 0.6) is 5.75 Å². The number of hydrogen-bond acceptors (Lipinski definition) is 3. The molecule has 0 aliphatic carbocycles. The molecule has 148 valence electrons. The highest BCUT2D eigenvalue weighted by Crippen LogP contribution is 2.29. The van der Waals surface area contributed by atoms with Crippen LogP contribution >= 0.6 is 11.6 Å². The van der Waals surface area contributed by atoms with E-state index in [1.165, 1.54) is 6.08 Å². The zero-order chi connectivity index (χ0) is 20.6. The predicted molar refractivity (Wildman–Crippen MR) is 112 cm³/mol. The predicted octanol–water partition coefficient (Wildman–Crippen LogP) is 4.05. The first kappa shape index (κ1) is 21.5. The van der Waals surface area contributed by atoms with Crippen LogP contribution in [-0.2, 0) is 15.1 Å². The minimum atomic E-state index is -0.531. The molecule has 0 aromatic heterocycles. The molecule has 2 rings (SSSR count). The molecule has 0 atom stereocenters. The molecular formula is C22H25ClN2O3. The maximum Gasteiger partial charge on any atom is 0.255 e. The van der Waals surface area contributed by atoms with Crippen molar-refractivity contribution in [3.63, 3.8) is 0 Å². The number of ether oxygens (including phenoxy) is 1. The summed E-state index contributed by atoms with van der Waals surface area (Å²) >= 11 is 5.99. The van der Waals surface area contributed by atoms with Crippen LogP contribution < -0.4 is 15.8 Å². The minimum Gasteiger partial charge on any atom is -0.484 e. The summed E-state index contributed by atoms with van der Waals surface area (Å²) in [5.41, 5.74) is 6.47. The zero-order valence-corrected chi connectivity index (χ0v) is 16.8. The van der Waals surface area contributed by atoms with Gasteiger partial charge in [-0.25, -0.2) is 0 Å². The molecule has 5 nitrogen and oxygen atoms in total. The maximum atomic E-state index is 12.5. The van der Waals surface area contributed by atoms with Crippen LogP contribution in [0.3, 0.4) is 0 Å². The van der Waals surface area contributed by atoms with E-state index in [4.69, 9.17) is 22.1 Å². The smallest absolute Gasteiger partial charge is 0.255 e. The Morgan fingerprint density at radius 3 is 2.21 bits per heavy atom. The third kappa shape index (κ3) is 5.86. The fourth-order valence-corrected chi connectivity index (χ4v) is 3.08. The number of halogens is 1. The van der Waals surface area contributed by atoms with Crippen molar-refractivity contribution in [1.29, 1.82) is 0 Å². The Labute approximate surface area is 170 Å². The van der Waals surface area contributed by atoms with Crippen LogP contribution in [0.4, 0.5) is 0 Å². The van der Waals surface area contributed by atoms with Gasteiger partial charge in [-0.2, -0.15) is 0 Å². The number of carbonyl (C=O) groups excluding carboxylic acids is 2. The standard InChI is InChI=1S/C22H25ClN2O3/c1-3-22(4-2,17-8-10-18(23)11-9-17)25-21(27)14-7-16-5-12-19(13-6-16)28-15-20(24)26/h5-14H,3-4,15H2,1-2H3,(H2,24,26)(H,25,27)/b14-7+. The summed E-state index contributed by atoms with van der Waals surface area (Å²) in [5.74, 6) is -0.163. The van der Waals surface area contributed by atoms with Crippen molar-refractivity contribution in [1.82, 2.24) is 5.32 Å². The van der Waals surface area contributed by atoms with Gasteiger partial charge < -0.3 is 15.8 Å². The van der Waals surface area contributed by atoms with Crippen molar-refractivity contribution in [2.24, 2.45) is 5.73 Å². The van der Waals surface area contributed by atoms with Gasteiger partial charge in [0.15, 0.2) is 6.61 Å². The van der Waals surface area contributed by atoms with Gasteiger partial charge in [0.1, 0.15) is 5.75 Å². The number of hydrogen-bond donors (Lipinski definition) is 2. The Kier molecular flexibility index (Phi) is 7.64. The molecule has 0 aliphatic heterocycles. The van der Waals surface area contributed by atoms with E-state index >= 15 is 0 Å². The van der Waals surface area contributed by atoms with E-state index in [2.05, 4.69) is 5.32 Å². The molecule has 0 saturated carbocycles. The summed E-state index contributed by atoms with van der Waals surface area (Å²) in [5, 5.41) is 3.80. The van der Waals surface area contributed by atoms with Gasteiger partial charge in [-0.1, -0.05) is 49.7 Å². The van der Waals surface area contributed by atoms with Crippen LogP contribution in [0.25, 0.3) is 6.08 Å². The van der Waals surface area contributed by atoms with Crippen molar-refractivity contribution >= 4 is 29.5 Å². The number of primary amides is 1. The molecule has 0 heterocycles. The van der Waals surface area contributed by atoms with E-state index in [0.717, 1.165) is 24.0 Å². The van der Waals surface area contributed by atoms with E-state index in [1.54, 1.807) is 30.3 Å². The van der Waals surface area contributed by atoms with Gasteiger partial charge in [0.05, 0.1) is 5.54 Å². The van der Waals surface area contributed by atoms with E-state index in [1.807, 2.05) is 38.1 Å². The lowest BCUT2D eigenvalue weighted by Gasteiger charge is -2.33. The van der Waals surface area contributed by atoms with Crippen LogP contribution in [0.2, 0.25) is 5.02 Å². The summed E-state index contributed by atoms with van der Waals surface area (Å²) < 4.78 is 5.21. The lowest BCUT2D eigenvalue weighted by atomic mass is 9.84. The molecule has 0 unspecified atom stereocenters. The Morgan fingerprint density at radius 2 is 1.68 bits per heavy atom. The first-order chi connectivity index (χ1) is 13.4. The normalized spacial score (nSPS) is 11.4. The Hall–Kier alpha value is -2.79. The molecule has 2 aromatic rings. The van der Waals surface area contributed by atoms with Gasteiger partial charge in [-0.3, -0.25) is 9.59 Å². The van der Waals surface area contributed by atoms with Crippen molar-refractivity contribution < 1.29 is 14.3 Å². The molecule has 0 fully saturated rings. The van der Waals surface area contributed by atoms with Gasteiger partial charge in [0.25, 0.3) is 5.91 Å².